The zero-order valence-electron chi connectivity index (χ0n) is 19.5. The Morgan fingerprint density at radius 3 is 1.97 bits per heavy atom. The highest BCUT2D eigenvalue weighted by atomic mass is 16.5. The van der Waals surface area contributed by atoms with Gasteiger partial charge in [-0.15, -0.1) is 0 Å². The third-order valence-corrected chi connectivity index (χ3v) is 6.74. The van der Waals surface area contributed by atoms with Gasteiger partial charge in [-0.3, -0.25) is 0 Å². The van der Waals surface area contributed by atoms with Gasteiger partial charge in [-0.25, -0.2) is 0 Å². The molecule has 2 aromatic carbocycles. The Kier molecular flexibility index (Phi) is 9.30. The summed E-state index contributed by atoms with van der Waals surface area (Å²) in [5, 5.41) is 0. The maximum atomic E-state index is 5.91. The van der Waals surface area contributed by atoms with Gasteiger partial charge in [0.1, 0.15) is 5.75 Å². The minimum atomic E-state index is 0.760. The first-order valence-electron chi connectivity index (χ1n) is 12.5. The van der Waals surface area contributed by atoms with Gasteiger partial charge < -0.3 is 4.74 Å². The van der Waals surface area contributed by atoms with Crippen LogP contribution in [0.4, 0.5) is 0 Å². The average molecular weight is 407 g/mol. The molecule has 1 heteroatoms. The van der Waals surface area contributed by atoms with Crippen molar-refractivity contribution in [3.05, 3.63) is 54.1 Å². The Balaban J connectivity index is 1.47. The highest BCUT2D eigenvalue weighted by Crippen LogP contribution is 2.38. The van der Waals surface area contributed by atoms with E-state index in [4.69, 9.17) is 4.74 Å². The van der Waals surface area contributed by atoms with Crippen molar-refractivity contribution in [2.45, 2.75) is 90.9 Å². The molecule has 0 amide bonds. The van der Waals surface area contributed by atoms with Crippen LogP contribution in [-0.2, 0) is 0 Å². The second-order valence-corrected chi connectivity index (χ2v) is 9.76. The SMILES string of the molecule is CCCCCCCOc1ccc(-c2ccc(C3CCC(CC(C)C)CC3)cc2)cc1. The van der Waals surface area contributed by atoms with Crippen LogP contribution in [0.15, 0.2) is 48.5 Å². The third-order valence-electron chi connectivity index (χ3n) is 6.74. The molecule has 1 aliphatic rings. The molecule has 0 bridgehead atoms. The lowest BCUT2D eigenvalue weighted by atomic mass is 9.76. The van der Waals surface area contributed by atoms with Gasteiger partial charge in [0.25, 0.3) is 0 Å². The first kappa shape index (κ1) is 22.9. The fourth-order valence-electron chi connectivity index (χ4n) is 4.99. The minimum Gasteiger partial charge on any atom is -0.494 e. The van der Waals surface area contributed by atoms with E-state index in [0.717, 1.165) is 36.5 Å². The van der Waals surface area contributed by atoms with Gasteiger partial charge >= 0.3 is 0 Å². The molecule has 1 fully saturated rings. The number of hydrogen-bond acceptors (Lipinski definition) is 1. The molecule has 0 radical (unpaired) electrons. The van der Waals surface area contributed by atoms with E-state index in [1.165, 1.54) is 74.5 Å². The smallest absolute Gasteiger partial charge is 0.119 e. The monoisotopic (exact) mass is 406 g/mol. The van der Waals surface area contributed by atoms with Gasteiger partial charge in [0.05, 0.1) is 6.61 Å². The van der Waals surface area contributed by atoms with Crippen LogP contribution in [0.3, 0.4) is 0 Å². The van der Waals surface area contributed by atoms with Gasteiger partial charge in [-0.1, -0.05) is 82.9 Å². The second kappa shape index (κ2) is 12.2. The summed E-state index contributed by atoms with van der Waals surface area (Å²) in [5.74, 6) is 3.55. The van der Waals surface area contributed by atoms with Crippen molar-refractivity contribution in [2.75, 3.05) is 6.61 Å². The van der Waals surface area contributed by atoms with Gasteiger partial charge in [0.15, 0.2) is 0 Å². The van der Waals surface area contributed by atoms with Crippen LogP contribution in [0.2, 0.25) is 0 Å². The quantitative estimate of drug-likeness (QED) is 0.338. The van der Waals surface area contributed by atoms with E-state index in [0.29, 0.717) is 0 Å². The van der Waals surface area contributed by atoms with E-state index in [9.17, 15) is 0 Å². The molecule has 0 spiro atoms. The van der Waals surface area contributed by atoms with Crippen LogP contribution in [0.1, 0.15) is 96.5 Å². The lowest BCUT2D eigenvalue weighted by Gasteiger charge is -2.29. The largest absolute Gasteiger partial charge is 0.494 e. The van der Waals surface area contributed by atoms with Crippen molar-refractivity contribution in [3.63, 3.8) is 0 Å². The molecule has 1 aliphatic carbocycles. The summed E-state index contributed by atoms with van der Waals surface area (Å²) in [6, 6.07) is 18.0. The highest BCUT2D eigenvalue weighted by molar-refractivity contribution is 5.64. The summed E-state index contributed by atoms with van der Waals surface area (Å²) in [4.78, 5) is 0. The summed E-state index contributed by atoms with van der Waals surface area (Å²) < 4.78 is 5.91. The Morgan fingerprint density at radius 2 is 1.37 bits per heavy atom. The minimum absolute atomic E-state index is 0.760. The topological polar surface area (TPSA) is 9.23 Å². The normalized spacial score (nSPS) is 19.2. The van der Waals surface area contributed by atoms with Crippen molar-refractivity contribution < 1.29 is 4.74 Å². The molecule has 2 aromatic rings. The fourth-order valence-corrected chi connectivity index (χ4v) is 4.99. The molecule has 0 heterocycles. The number of ether oxygens (including phenoxy) is 1. The van der Waals surface area contributed by atoms with E-state index >= 15 is 0 Å². The van der Waals surface area contributed by atoms with Crippen molar-refractivity contribution in [1.29, 1.82) is 0 Å². The summed E-state index contributed by atoms with van der Waals surface area (Å²) >= 11 is 0. The Hall–Kier alpha value is -1.76. The Bertz CT molecular complexity index is 705. The number of benzene rings is 2. The van der Waals surface area contributed by atoms with E-state index in [2.05, 4.69) is 69.3 Å². The summed E-state index contributed by atoms with van der Waals surface area (Å²) in [6.45, 7) is 7.80. The molecule has 0 atom stereocenters. The maximum Gasteiger partial charge on any atom is 0.119 e. The molecular formula is C29H42O. The molecule has 0 aromatic heterocycles. The van der Waals surface area contributed by atoms with E-state index < -0.39 is 0 Å². The molecule has 30 heavy (non-hydrogen) atoms. The molecule has 1 nitrogen and oxygen atoms in total. The van der Waals surface area contributed by atoms with Crippen LogP contribution < -0.4 is 4.74 Å². The third kappa shape index (κ3) is 7.18. The van der Waals surface area contributed by atoms with Crippen LogP contribution >= 0.6 is 0 Å². The summed E-state index contributed by atoms with van der Waals surface area (Å²) in [7, 11) is 0. The second-order valence-electron chi connectivity index (χ2n) is 9.76. The molecule has 0 N–H and O–H groups in total. The van der Waals surface area contributed by atoms with Gasteiger partial charge in [0, 0.05) is 0 Å². The van der Waals surface area contributed by atoms with Gasteiger partial charge in [-0.05, 0) is 85.1 Å². The molecule has 0 aliphatic heterocycles. The van der Waals surface area contributed by atoms with E-state index in [-0.39, 0.29) is 0 Å². The zero-order valence-corrected chi connectivity index (χ0v) is 19.5. The number of rotatable bonds is 11. The Morgan fingerprint density at radius 1 is 0.767 bits per heavy atom. The lowest BCUT2D eigenvalue weighted by Crippen LogP contribution is -2.14. The first-order chi connectivity index (χ1) is 14.7. The lowest BCUT2D eigenvalue weighted by molar-refractivity contribution is 0.283. The maximum absolute atomic E-state index is 5.91. The van der Waals surface area contributed by atoms with Crippen LogP contribution in [0.25, 0.3) is 11.1 Å². The molecule has 3 rings (SSSR count). The predicted octanol–water partition coefficient (Wildman–Crippen LogP) is 9.02. The molecule has 1 saturated carbocycles. The first-order valence-corrected chi connectivity index (χ1v) is 12.5. The van der Waals surface area contributed by atoms with Gasteiger partial charge in [-0.2, -0.15) is 0 Å². The van der Waals surface area contributed by atoms with Crippen molar-refractivity contribution >= 4 is 0 Å². The predicted molar refractivity (Wildman–Crippen MR) is 130 cm³/mol. The van der Waals surface area contributed by atoms with E-state index in [1.54, 1.807) is 0 Å². The van der Waals surface area contributed by atoms with E-state index in [1.807, 2.05) is 0 Å². The van der Waals surface area contributed by atoms with Gasteiger partial charge in [0.2, 0.25) is 0 Å². The average Bonchev–Trinajstić information content (AvgIpc) is 2.77. The van der Waals surface area contributed by atoms with Crippen molar-refractivity contribution in [3.8, 4) is 16.9 Å². The van der Waals surface area contributed by atoms with Crippen LogP contribution in [0, 0.1) is 11.8 Å². The Labute approximate surface area is 185 Å². The van der Waals surface area contributed by atoms with Crippen molar-refractivity contribution in [1.82, 2.24) is 0 Å². The molecular weight excluding hydrogens is 364 g/mol. The zero-order chi connectivity index (χ0) is 21.2. The standard InChI is InChI=1S/C29H42O/c1-4-5-6-7-8-21-30-29-19-17-28(18-20-29)27-15-13-26(14-16-27)25-11-9-24(10-12-25)22-23(2)3/h13-20,23-25H,4-12,21-22H2,1-3H3. The number of unbranched alkanes of at least 4 members (excludes halogenated alkanes) is 4. The molecule has 164 valence electrons. The summed E-state index contributed by atoms with van der Waals surface area (Å²) in [6.07, 6.45) is 13.3. The summed E-state index contributed by atoms with van der Waals surface area (Å²) in [5.41, 5.74) is 4.11. The fraction of sp³-hybridized carbons (Fsp3) is 0.586. The molecule has 0 unspecified atom stereocenters. The number of hydrogen-bond donors (Lipinski definition) is 0. The molecule has 0 saturated heterocycles. The van der Waals surface area contributed by atoms with Crippen LogP contribution in [-0.4, -0.2) is 6.61 Å². The van der Waals surface area contributed by atoms with Crippen LogP contribution in [0.5, 0.6) is 5.75 Å². The highest BCUT2D eigenvalue weighted by Gasteiger charge is 2.22. The van der Waals surface area contributed by atoms with Crippen molar-refractivity contribution in [2.24, 2.45) is 11.8 Å².